The average Bonchev–Trinajstić information content (AvgIpc) is 2.48. The van der Waals surface area contributed by atoms with Crippen molar-refractivity contribution in [3.05, 3.63) is 0 Å². The molecule has 0 bridgehead atoms. The van der Waals surface area contributed by atoms with Crippen LogP contribution in [0.4, 0.5) is 0 Å². The molecule has 0 atom stereocenters. The Morgan fingerprint density at radius 2 is 1.44 bits per heavy atom. The van der Waals surface area contributed by atoms with Crippen molar-refractivity contribution in [1.29, 1.82) is 0 Å². The number of piperidine rings is 1. The summed E-state index contributed by atoms with van der Waals surface area (Å²) in [5.74, 6) is 0. The monoisotopic (exact) mass is 254 g/mol. The molecule has 0 amide bonds. The summed E-state index contributed by atoms with van der Waals surface area (Å²) in [6.07, 6.45) is 2.38. The Morgan fingerprint density at radius 1 is 1.00 bits per heavy atom. The third kappa shape index (κ3) is 2.59. The van der Waals surface area contributed by atoms with Crippen LogP contribution < -0.4 is 0 Å². The number of hydrogen-bond acceptors (Lipinski definition) is 4. The van der Waals surface area contributed by atoms with Crippen molar-refractivity contribution in [2.45, 2.75) is 57.8 Å². The van der Waals surface area contributed by atoms with E-state index in [-0.39, 0.29) is 18.5 Å². The van der Waals surface area contributed by atoms with E-state index in [2.05, 4.69) is 51.5 Å². The summed E-state index contributed by atoms with van der Waals surface area (Å²) < 4.78 is 12.2. The van der Waals surface area contributed by atoms with Crippen LogP contribution in [-0.4, -0.2) is 61.4 Å². The lowest BCUT2D eigenvalue weighted by Gasteiger charge is -2.35. The summed E-state index contributed by atoms with van der Waals surface area (Å²) in [5.41, 5.74) is -0.452. The first-order valence-electron chi connectivity index (χ1n) is 6.99. The molecule has 0 unspecified atom stereocenters. The Labute approximate surface area is 112 Å². The maximum atomic E-state index is 6.09. The molecule has 0 aromatic rings. The highest BCUT2D eigenvalue weighted by molar-refractivity contribution is 6.42. The Morgan fingerprint density at radius 3 is 1.83 bits per heavy atom. The summed E-state index contributed by atoms with van der Waals surface area (Å²) in [6, 6.07) is 0.698. The topological polar surface area (TPSA) is 24.9 Å². The minimum Gasteiger partial charge on any atom is -0.389 e. The molecule has 104 valence electrons. The molecule has 0 radical (unpaired) electrons. The van der Waals surface area contributed by atoms with Gasteiger partial charge in [0.05, 0.1) is 11.2 Å². The predicted octanol–water partition coefficient (Wildman–Crippen LogP) is 1.60. The van der Waals surface area contributed by atoms with Gasteiger partial charge in [0.1, 0.15) is 0 Å². The third-order valence-corrected chi connectivity index (χ3v) is 4.77. The fraction of sp³-hybridized carbons (Fsp3) is 1.00. The standard InChI is InChI=1S/C13H27BN2O2/c1-12(2)13(3,4)18-14(17-12)16-9-7-11(8-10-16)15(5)6/h11H,7-10H2,1-6H3. The summed E-state index contributed by atoms with van der Waals surface area (Å²) >= 11 is 0. The third-order valence-electron chi connectivity index (χ3n) is 4.77. The van der Waals surface area contributed by atoms with Crippen LogP contribution in [0, 0.1) is 0 Å². The van der Waals surface area contributed by atoms with Gasteiger partial charge < -0.3 is 14.2 Å². The fourth-order valence-corrected chi connectivity index (χ4v) is 2.57. The summed E-state index contributed by atoms with van der Waals surface area (Å²) in [7, 11) is 4.16. The molecule has 2 saturated heterocycles. The van der Waals surface area contributed by atoms with Crippen LogP contribution in [0.5, 0.6) is 0 Å². The van der Waals surface area contributed by atoms with Gasteiger partial charge in [-0.25, -0.2) is 0 Å². The van der Waals surface area contributed by atoms with Crippen molar-refractivity contribution in [1.82, 2.24) is 9.71 Å². The molecule has 4 nitrogen and oxygen atoms in total. The van der Waals surface area contributed by atoms with E-state index in [1.54, 1.807) is 0 Å². The average molecular weight is 254 g/mol. The van der Waals surface area contributed by atoms with Gasteiger partial charge in [-0.2, -0.15) is 0 Å². The normalized spacial score (nSPS) is 29.2. The molecule has 2 heterocycles. The van der Waals surface area contributed by atoms with E-state index in [1.165, 1.54) is 12.8 Å². The maximum Gasteiger partial charge on any atom is 0.558 e. The van der Waals surface area contributed by atoms with Gasteiger partial charge in [-0.1, -0.05) is 0 Å². The van der Waals surface area contributed by atoms with E-state index in [9.17, 15) is 0 Å². The van der Waals surface area contributed by atoms with Gasteiger partial charge in [-0.05, 0) is 67.7 Å². The Hall–Kier alpha value is -0.0951. The van der Waals surface area contributed by atoms with E-state index in [0.717, 1.165) is 13.1 Å². The quantitative estimate of drug-likeness (QED) is 0.699. The van der Waals surface area contributed by atoms with Gasteiger partial charge in [0.2, 0.25) is 0 Å². The van der Waals surface area contributed by atoms with E-state index < -0.39 is 0 Å². The minimum atomic E-state index is -0.226. The highest BCUT2D eigenvalue weighted by Crippen LogP contribution is 2.38. The molecule has 0 spiro atoms. The number of nitrogens with zero attached hydrogens (tertiary/aromatic N) is 2. The molecule has 0 aromatic heterocycles. The lowest BCUT2D eigenvalue weighted by Crippen LogP contribution is -2.50. The van der Waals surface area contributed by atoms with Crippen LogP contribution in [0.25, 0.3) is 0 Å². The molecule has 2 rings (SSSR count). The van der Waals surface area contributed by atoms with Gasteiger partial charge >= 0.3 is 7.25 Å². The van der Waals surface area contributed by atoms with Crippen molar-refractivity contribution in [2.24, 2.45) is 0 Å². The lowest BCUT2D eigenvalue weighted by atomic mass is 9.90. The molecular weight excluding hydrogens is 227 g/mol. The van der Waals surface area contributed by atoms with Crippen molar-refractivity contribution in [3.63, 3.8) is 0 Å². The molecule has 0 N–H and O–H groups in total. The number of hydrogen-bond donors (Lipinski definition) is 0. The van der Waals surface area contributed by atoms with Crippen LogP contribution in [0.1, 0.15) is 40.5 Å². The van der Waals surface area contributed by atoms with Crippen molar-refractivity contribution < 1.29 is 9.31 Å². The van der Waals surface area contributed by atoms with Crippen LogP contribution >= 0.6 is 0 Å². The first-order chi connectivity index (χ1) is 8.23. The van der Waals surface area contributed by atoms with Gasteiger partial charge in [0, 0.05) is 6.04 Å². The van der Waals surface area contributed by atoms with Crippen LogP contribution in [0.15, 0.2) is 0 Å². The van der Waals surface area contributed by atoms with E-state index in [4.69, 9.17) is 9.31 Å². The van der Waals surface area contributed by atoms with Gasteiger partial charge in [-0.3, -0.25) is 4.81 Å². The van der Waals surface area contributed by atoms with Gasteiger partial charge in [0.25, 0.3) is 0 Å². The molecule has 2 aliphatic heterocycles. The largest absolute Gasteiger partial charge is 0.558 e. The van der Waals surface area contributed by atoms with Crippen molar-refractivity contribution in [3.8, 4) is 0 Å². The van der Waals surface area contributed by atoms with Gasteiger partial charge in [-0.15, -0.1) is 0 Å². The Kier molecular flexibility index (Phi) is 3.80. The first kappa shape index (κ1) is 14.3. The SMILES string of the molecule is CN(C)C1CCN(B2OC(C)(C)C(C)(C)O2)CC1. The number of rotatable bonds is 2. The second-order valence-corrected chi connectivity index (χ2v) is 6.79. The zero-order chi connectivity index (χ0) is 13.6. The van der Waals surface area contributed by atoms with Gasteiger partial charge in [0.15, 0.2) is 0 Å². The zero-order valence-corrected chi connectivity index (χ0v) is 12.7. The highest BCUT2D eigenvalue weighted by atomic mass is 16.7. The smallest absolute Gasteiger partial charge is 0.389 e. The molecule has 18 heavy (non-hydrogen) atoms. The van der Waals surface area contributed by atoms with Crippen molar-refractivity contribution in [2.75, 3.05) is 27.2 Å². The Balaban J connectivity index is 1.92. The van der Waals surface area contributed by atoms with E-state index in [1.807, 2.05) is 0 Å². The summed E-state index contributed by atoms with van der Waals surface area (Å²) in [6.45, 7) is 10.6. The molecule has 2 aliphatic rings. The molecule has 0 aliphatic carbocycles. The zero-order valence-electron chi connectivity index (χ0n) is 12.7. The summed E-state index contributed by atoms with van der Waals surface area (Å²) in [4.78, 5) is 4.65. The first-order valence-corrected chi connectivity index (χ1v) is 6.99. The highest BCUT2D eigenvalue weighted by Gasteiger charge is 2.54. The molecule has 0 aromatic carbocycles. The fourth-order valence-electron chi connectivity index (χ4n) is 2.57. The summed E-state index contributed by atoms with van der Waals surface area (Å²) in [5, 5.41) is 0. The van der Waals surface area contributed by atoms with Crippen LogP contribution in [-0.2, 0) is 9.31 Å². The molecule has 5 heteroatoms. The second-order valence-electron chi connectivity index (χ2n) is 6.79. The van der Waals surface area contributed by atoms with Crippen molar-refractivity contribution >= 4 is 7.25 Å². The molecular formula is C13H27BN2O2. The lowest BCUT2D eigenvalue weighted by molar-refractivity contribution is 0.00578. The minimum absolute atomic E-state index is 0.168. The molecule has 2 fully saturated rings. The molecule has 0 saturated carbocycles. The van der Waals surface area contributed by atoms with E-state index in [0.29, 0.717) is 6.04 Å². The predicted molar refractivity (Wildman–Crippen MR) is 74.4 cm³/mol. The van der Waals surface area contributed by atoms with Crippen LogP contribution in [0.3, 0.4) is 0 Å². The Bertz CT molecular complexity index is 283. The van der Waals surface area contributed by atoms with E-state index >= 15 is 0 Å². The van der Waals surface area contributed by atoms with Crippen LogP contribution in [0.2, 0.25) is 0 Å². The second kappa shape index (κ2) is 4.78. The maximum absolute atomic E-state index is 6.09.